The fourth-order valence-electron chi connectivity index (χ4n) is 1.24. The number of halogens is 1. The number of nitrogen functional groups attached to an aromatic ring is 1. The molecule has 0 fully saturated rings. The van der Waals surface area contributed by atoms with Crippen molar-refractivity contribution in [1.82, 2.24) is 10.2 Å². The van der Waals surface area contributed by atoms with Crippen molar-refractivity contribution < 1.29 is 4.39 Å². The minimum atomic E-state index is -0.235. The van der Waals surface area contributed by atoms with Gasteiger partial charge in [0, 0.05) is 6.54 Å². The minimum absolute atomic E-state index is 0.235. The highest BCUT2D eigenvalue weighted by atomic mass is 19.1. The molecule has 15 heavy (non-hydrogen) atoms. The average Bonchev–Trinajstić information content (AvgIpc) is 2.63. The Labute approximate surface area is 86.3 Å². The summed E-state index contributed by atoms with van der Waals surface area (Å²) in [6, 6.07) is 6.29. The molecule has 1 aromatic heterocycles. The Balaban J connectivity index is 1.99. The Hall–Kier alpha value is -2.04. The summed E-state index contributed by atoms with van der Waals surface area (Å²) in [6.45, 7) is 0.587. The molecule has 0 amide bonds. The van der Waals surface area contributed by atoms with Gasteiger partial charge in [-0.25, -0.2) is 4.39 Å². The first-order valence-electron chi connectivity index (χ1n) is 4.53. The van der Waals surface area contributed by atoms with Crippen molar-refractivity contribution in [3.63, 3.8) is 0 Å². The number of aromatic nitrogens is 2. The van der Waals surface area contributed by atoms with E-state index in [0.29, 0.717) is 12.4 Å². The quantitative estimate of drug-likeness (QED) is 0.716. The summed E-state index contributed by atoms with van der Waals surface area (Å²) in [5.41, 5.74) is 7.32. The van der Waals surface area contributed by atoms with Crippen LogP contribution in [0.25, 0.3) is 0 Å². The van der Waals surface area contributed by atoms with Gasteiger partial charge >= 0.3 is 0 Å². The molecule has 4 N–H and O–H groups in total. The minimum Gasteiger partial charge on any atom is -0.382 e. The monoisotopic (exact) mass is 206 g/mol. The summed E-state index contributed by atoms with van der Waals surface area (Å²) in [6.07, 6.45) is 1.61. The van der Waals surface area contributed by atoms with E-state index in [9.17, 15) is 4.39 Å². The number of H-pyrrole nitrogens is 1. The van der Waals surface area contributed by atoms with E-state index in [1.54, 1.807) is 18.3 Å². The molecule has 2 aromatic rings. The predicted molar refractivity (Wildman–Crippen MR) is 56.7 cm³/mol. The SMILES string of the molecule is Nc1[nH]ncc1NCc1ccc(F)cc1. The van der Waals surface area contributed by atoms with Gasteiger partial charge in [-0.05, 0) is 17.7 Å². The predicted octanol–water partition coefficient (Wildman–Crippen LogP) is 1.74. The number of anilines is 2. The number of hydrogen-bond acceptors (Lipinski definition) is 3. The number of benzene rings is 1. The van der Waals surface area contributed by atoms with Crippen LogP contribution < -0.4 is 11.1 Å². The normalized spacial score (nSPS) is 10.2. The molecular formula is C10H11FN4. The van der Waals surface area contributed by atoms with E-state index in [1.165, 1.54) is 12.1 Å². The fraction of sp³-hybridized carbons (Fsp3) is 0.100. The molecule has 0 bridgehead atoms. The topological polar surface area (TPSA) is 66.7 Å². The van der Waals surface area contributed by atoms with E-state index in [0.717, 1.165) is 11.3 Å². The Morgan fingerprint density at radius 3 is 2.67 bits per heavy atom. The third kappa shape index (κ3) is 2.25. The van der Waals surface area contributed by atoms with Gasteiger partial charge in [-0.2, -0.15) is 5.10 Å². The van der Waals surface area contributed by atoms with Gasteiger partial charge < -0.3 is 11.1 Å². The average molecular weight is 206 g/mol. The Morgan fingerprint density at radius 1 is 1.33 bits per heavy atom. The molecular weight excluding hydrogens is 195 g/mol. The number of nitrogens with two attached hydrogens (primary N) is 1. The molecule has 2 rings (SSSR count). The second-order valence-electron chi connectivity index (χ2n) is 3.18. The van der Waals surface area contributed by atoms with Gasteiger partial charge in [-0.1, -0.05) is 12.1 Å². The van der Waals surface area contributed by atoms with E-state index >= 15 is 0 Å². The molecule has 0 spiro atoms. The first-order chi connectivity index (χ1) is 7.25. The molecule has 0 aliphatic carbocycles. The maximum absolute atomic E-state index is 12.6. The molecule has 4 nitrogen and oxygen atoms in total. The molecule has 1 aromatic carbocycles. The van der Waals surface area contributed by atoms with Crippen LogP contribution in [0, 0.1) is 5.82 Å². The second kappa shape index (κ2) is 4.00. The second-order valence-corrected chi connectivity index (χ2v) is 3.18. The Bertz CT molecular complexity index is 435. The van der Waals surface area contributed by atoms with Crippen molar-refractivity contribution in [3.8, 4) is 0 Å². The van der Waals surface area contributed by atoms with E-state index in [1.807, 2.05) is 0 Å². The van der Waals surface area contributed by atoms with Gasteiger partial charge in [0.25, 0.3) is 0 Å². The molecule has 78 valence electrons. The van der Waals surface area contributed by atoms with Gasteiger partial charge in [-0.3, -0.25) is 5.10 Å². The number of nitrogens with one attached hydrogen (secondary N) is 2. The lowest BCUT2D eigenvalue weighted by Gasteiger charge is -2.04. The van der Waals surface area contributed by atoms with Crippen LogP contribution >= 0.6 is 0 Å². The maximum atomic E-state index is 12.6. The summed E-state index contributed by atoms with van der Waals surface area (Å²) in [7, 11) is 0. The van der Waals surface area contributed by atoms with Crippen LogP contribution in [-0.2, 0) is 6.54 Å². The standard InChI is InChI=1S/C10H11FN4/c11-8-3-1-7(2-4-8)5-13-9-6-14-15-10(9)12/h1-4,6,13H,5H2,(H3,12,14,15). The zero-order chi connectivity index (χ0) is 10.7. The van der Waals surface area contributed by atoms with Crippen LogP contribution in [0.5, 0.6) is 0 Å². The number of nitrogens with zero attached hydrogens (tertiary/aromatic N) is 1. The molecule has 0 saturated carbocycles. The third-order valence-electron chi connectivity index (χ3n) is 2.07. The van der Waals surface area contributed by atoms with Crippen LogP contribution in [-0.4, -0.2) is 10.2 Å². The van der Waals surface area contributed by atoms with Crippen LogP contribution in [0.2, 0.25) is 0 Å². The first kappa shape index (κ1) is 9.51. The lowest BCUT2D eigenvalue weighted by Crippen LogP contribution is -2.00. The van der Waals surface area contributed by atoms with E-state index in [4.69, 9.17) is 5.73 Å². The van der Waals surface area contributed by atoms with Gasteiger partial charge in [-0.15, -0.1) is 0 Å². The van der Waals surface area contributed by atoms with Crippen molar-refractivity contribution in [1.29, 1.82) is 0 Å². The van der Waals surface area contributed by atoms with E-state index in [2.05, 4.69) is 15.5 Å². The van der Waals surface area contributed by atoms with Crippen molar-refractivity contribution in [2.45, 2.75) is 6.54 Å². The van der Waals surface area contributed by atoms with Crippen molar-refractivity contribution >= 4 is 11.5 Å². The van der Waals surface area contributed by atoms with Gasteiger partial charge in [0.2, 0.25) is 0 Å². The molecule has 0 atom stereocenters. The van der Waals surface area contributed by atoms with Gasteiger partial charge in [0.1, 0.15) is 11.6 Å². The highest BCUT2D eigenvalue weighted by Crippen LogP contribution is 2.14. The van der Waals surface area contributed by atoms with Crippen LogP contribution in [0.4, 0.5) is 15.9 Å². The largest absolute Gasteiger partial charge is 0.382 e. The lowest BCUT2D eigenvalue weighted by molar-refractivity contribution is 0.627. The maximum Gasteiger partial charge on any atom is 0.142 e. The highest BCUT2D eigenvalue weighted by molar-refractivity contribution is 5.60. The number of hydrogen-bond donors (Lipinski definition) is 3. The number of rotatable bonds is 3. The van der Waals surface area contributed by atoms with Gasteiger partial charge in [0.15, 0.2) is 0 Å². The molecule has 0 saturated heterocycles. The van der Waals surface area contributed by atoms with Crippen molar-refractivity contribution in [2.24, 2.45) is 0 Å². The molecule has 0 radical (unpaired) electrons. The lowest BCUT2D eigenvalue weighted by atomic mass is 10.2. The summed E-state index contributed by atoms with van der Waals surface area (Å²) < 4.78 is 12.6. The van der Waals surface area contributed by atoms with Crippen molar-refractivity contribution in [3.05, 3.63) is 41.8 Å². The molecule has 0 unspecified atom stereocenters. The Morgan fingerprint density at radius 2 is 2.07 bits per heavy atom. The van der Waals surface area contributed by atoms with Gasteiger partial charge in [0.05, 0.1) is 11.9 Å². The molecule has 0 aliphatic rings. The van der Waals surface area contributed by atoms with Crippen LogP contribution in [0.1, 0.15) is 5.56 Å². The molecule has 1 heterocycles. The Kier molecular flexibility index (Phi) is 2.53. The first-order valence-corrected chi connectivity index (χ1v) is 4.53. The summed E-state index contributed by atoms with van der Waals surface area (Å²) in [4.78, 5) is 0. The fourth-order valence-corrected chi connectivity index (χ4v) is 1.24. The van der Waals surface area contributed by atoms with Crippen molar-refractivity contribution in [2.75, 3.05) is 11.1 Å². The van der Waals surface area contributed by atoms with E-state index < -0.39 is 0 Å². The van der Waals surface area contributed by atoms with E-state index in [-0.39, 0.29) is 5.82 Å². The van der Waals surface area contributed by atoms with Crippen LogP contribution in [0.15, 0.2) is 30.5 Å². The highest BCUT2D eigenvalue weighted by Gasteiger charge is 2.00. The number of aromatic amines is 1. The molecule has 0 aliphatic heterocycles. The zero-order valence-corrected chi connectivity index (χ0v) is 8.00. The third-order valence-corrected chi connectivity index (χ3v) is 2.07. The summed E-state index contributed by atoms with van der Waals surface area (Å²) in [5.74, 6) is 0.263. The van der Waals surface area contributed by atoms with Crippen LogP contribution in [0.3, 0.4) is 0 Å². The zero-order valence-electron chi connectivity index (χ0n) is 8.00. The summed E-state index contributed by atoms with van der Waals surface area (Å²) >= 11 is 0. The smallest absolute Gasteiger partial charge is 0.142 e. The molecule has 5 heteroatoms. The summed E-state index contributed by atoms with van der Waals surface area (Å²) in [5, 5.41) is 9.48.